The highest BCUT2D eigenvalue weighted by Gasteiger charge is 2.47. The quantitative estimate of drug-likeness (QED) is 0.588. The standard InChI is InChI=1S/C21H26N2O4/c1-13-17(20(25)27-9-8-26-4)18(14-6-5-7-22-12-14)19-15(23-13)10-21(2,3)11-16(19)24/h5-7,12,18-19H,8-11H2,1-4H3. The fraction of sp³-hybridized carbons (Fsp3) is 0.524. The van der Waals surface area contributed by atoms with Gasteiger partial charge in [0, 0.05) is 43.3 Å². The minimum atomic E-state index is -0.446. The molecule has 0 bridgehead atoms. The molecule has 2 unspecified atom stereocenters. The van der Waals surface area contributed by atoms with Crippen LogP contribution >= 0.6 is 0 Å². The normalized spacial score (nSPS) is 24.3. The minimum absolute atomic E-state index is 0.119. The van der Waals surface area contributed by atoms with Gasteiger partial charge in [0.05, 0.1) is 18.1 Å². The van der Waals surface area contributed by atoms with Crippen LogP contribution in [0.2, 0.25) is 0 Å². The van der Waals surface area contributed by atoms with Crippen LogP contribution in [0, 0.1) is 11.3 Å². The van der Waals surface area contributed by atoms with E-state index in [1.807, 2.05) is 19.1 Å². The van der Waals surface area contributed by atoms with Gasteiger partial charge in [0.1, 0.15) is 12.4 Å². The van der Waals surface area contributed by atoms with Crippen molar-refractivity contribution in [3.8, 4) is 0 Å². The van der Waals surface area contributed by atoms with Gasteiger partial charge in [-0.3, -0.25) is 14.8 Å². The number of esters is 1. The van der Waals surface area contributed by atoms with E-state index in [0.717, 1.165) is 17.7 Å². The number of aromatic nitrogens is 1. The molecule has 0 radical (unpaired) electrons. The lowest BCUT2D eigenvalue weighted by Gasteiger charge is -2.40. The number of pyridine rings is 1. The van der Waals surface area contributed by atoms with Gasteiger partial charge in [-0.25, -0.2) is 4.79 Å². The molecule has 0 aromatic carbocycles. The van der Waals surface area contributed by atoms with E-state index in [4.69, 9.17) is 9.47 Å². The van der Waals surface area contributed by atoms with Crippen molar-refractivity contribution in [1.82, 2.24) is 4.98 Å². The van der Waals surface area contributed by atoms with Crippen molar-refractivity contribution in [2.24, 2.45) is 16.3 Å². The van der Waals surface area contributed by atoms with Gasteiger partial charge < -0.3 is 9.47 Å². The van der Waals surface area contributed by atoms with Crippen molar-refractivity contribution in [1.29, 1.82) is 0 Å². The maximum atomic E-state index is 13.1. The SMILES string of the molecule is COCCOC(=O)C1=C(C)N=C2CC(C)(C)CC(=O)C2C1c1cccnc1. The van der Waals surface area contributed by atoms with Gasteiger partial charge in [0.2, 0.25) is 0 Å². The molecule has 6 nitrogen and oxygen atoms in total. The third-order valence-electron chi connectivity index (χ3n) is 5.15. The summed E-state index contributed by atoms with van der Waals surface area (Å²) < 4.78 is 10.3. The summed E-state index contributed by atoms with van der Waals surface area (Å²) in [5, 5.41) is 0. The van der Waals surface area contributed by atoms with Crippen LogP contribution in [-0.2, 0) is 19.1 Å². The lowest BCUT2D eigenvalue weighted by molar-refractivity contribution is -0.140. The molecule has 27 heavy (non-hydrogen) atoms. The van der Waals surface area contributed by atoms with Crippen LogP contribution in [0.15, 0.2) is 40.8 Å². The van der Waals surface area contributed by atoms with Crippen molar-refractivity contribution < 1.29 is 19.1 Å². The largest absolute Gasteiger partial charge is 0.460 e. The number of rotatable bonds is 5. The fourth-order valence-corrected chi connectivity index (χ4v) is 4.07. The number of nitrogens with zero attached hydrogens (tertiary/aromatic N) is 2. The van der Waals surface area contributed by atoms with Crippen LogP contribution in [0.1, 0.15) is 45.1 Å². The monoisotopic (exact) mass is 370 g/mol. The minimum Gasteiger partial charge on any atom is -0.460 e. The highest BCUT2D eigenvalue weighted by Crippen LogP contribution is 2.46. The van der Waals surface area contributed by atoms with Crippen LogP contribution in [0.25, 0.3) is 0 Å². The first-order valence-corrected chi connectivity index (χ1v) is 9.21. The first-order chi connectivity index (χ1) is 12.8. The Bertz CT molecular complexity index is 796. The third-order valence-corrected chi connectivity index (χ3v) is 5.15. The first-order valence-electron chi connectivity index (χ1n) is 9.21. The molecule has 2 heterocycles. The summed E-state index contributed by atoms with van der Waals surface area (Å²) in [4.78, 5) is 34.8. The zero-order valence-electron chi connectivity index (χ0n) is 16.3. The Morgan fingerprint density at radius 3 is 2.70 bits per heavy atom. The number of hydrogen-bond donors (Lipinski definition) is 0. The van der Waals surface area contributed by atoms with Crippen LogP contribution in [0.5, 0.6) is 0 Å². The van der Waals surface area contributed by atoms with Crippen molar-refractivity contribution in [3.05, 3.63) is 41.4 Å². The van der Waals surface area contributed by atoms with E-state index in [-0.39, 0.29) is 17.8 Å². The molecule has 1 fully saturated rings. The molecule has 1 aromatic heterocycles. The van der Waals surface area contributed by atoms with Gasteiger partial charge >= 0.3 is 5.97 Å². The number of hydrogen-bond acceptors (Lipinski definition) is 6. The predicted octanol–water partition coefficient (Wildman–Crippen LogP) is 3.09. The average Bonchev–Trinajstić information content (AvgIpc) is 2.60. The van der Waals surface area contributed by atoms with Gasteiger partial charge in [-0.1, -0.05) is 19.9 Å². The number of fused-ring (bicyclic) bond motifs is 1. The highest BCUT2D eigenvalue weighted by molar-refractivity contribution is 6.12. The van der Waals surface area contributed by atoms with Crippen molar-refractivity contribution >= 4 is 17.5 Å². The molecular formula is C21H26N2O4. The second-order valence-corrected chi connectivity index (χ2v) is 7.96. The van der Waals surface area contributed by atoms with Crippen molar-refractivity contribution in [2.75, 3.05) is 20.3 Å². The summed E-state index contributed by atoms with van der Waals surface area (Å²) in [6, 6.07) is 3.73. The number of methoxy groups -OCH3 is 1. The maximum absolute atomic E-state index is 13.1. The lowest BCUT2D eigenvalue weighted by Crippen LogP contribution is -2.44. The number of Topliss-reactive ketones (excluding diaryl/α,β-unsaturated/α-hetero) is 1. The Morgan fingerprint density at radius 2 is 2.04 bits per heavy atom. The Hall–Kier alpha value is -2.34. The topological polar surface area (TPSA) is 77.9 Å². The molecule has 0 amide bonds. The lowest BCUT2D eigenvalue weighted by atomic mass is 9.63. The Labute approximate surface area is 159 Å². The fourth-order valence-electron chi connectivity index (χ4n) is 4.07. The van der Waals surface area contributed by atoms with E-state index in [2.05, 4.69) is 23.8 Å². The average molecular weight is 370 g/mol. The van der Waals surface area contributed by atoms with E-state index >= 15 is 0 Å². The molecule has 144 valence electrons. The van der Waals surface area contributed by atoms with Crippen LogP contribution in [0.3, 0.4) is 0 Å². The molecule has 1 aliphatic carbocycles. The molecule has 6 heteroatoms. The number of ether oxygens (including phenoxy) is 2. The van der Waals surface area contributed by atoms with E-state index in [1.165, 1.54) is 0 Å². The molecule has 3 rings (SSSR count). The Kier molecular flexibility index (Phi) is 5.56. The Morgan fingerprint density at radius 1 is 1.26 bits per heavy atom. The molecule has 2 aliphatic rings. The zero-order valence-corrected chi connectivity index (χ0v) is 16.3. The van der Waals surface area contributed by atoms with Gasteiger partial charge in [-0.05, 0) is 30.4 Å². The summed E-state index contributed by atoms with van der Waals surface area (Å²) in [7, 11) is 1.55. The highest BCUT2D eigenvalue weighted by atomic mass is 16.6. The maximum Gasteiger partial charge on any atom is 0.336 e. The molecule has 1 aromatic rings. The summed E-state index contributed by atoms with van der Waals surface area (Å²) in [5.74, 6) is -1.17. The van der Waals surface area contributed by atoms with E-state index in [9.17, 15) is 9.59 Å². The molecule has 2 atom stereocenters. The summed E-state index contributed by atoms with van der Waals surface area (Å²) in [6.07, 6.45) is 4.61. The smallest absolute Gasteiger partial charge is 0.336 e. The number of aliphatic imine (C=N–C) groups is 1. The molecule has 0 saturated heterocycles. The van der Waals surface area contributed by atoms with Crippen LogP contribution in [0.4, 0.5) is 0 Å². The van der Waals surface area contributed by atoms with Gasteiger partial charge in [-0.2, -0.15) is 0 Å². The van der Waals surface area contributed by atoms with Gasteiger partial charge in [0.15, 0.2) is 0 Å². The number of allylic oxidation sites excluding steroid dienone is 1. The molecule has 1 saturated carbocycles. The van der Waals surface area contributed by atoms with Crippen molar-refractivity contribution in [3.63, 3.8) is 0 Å². The van der Waals surface area contributed by atoms with Crippen LogP contribution < -0.4 is 0 Å². The number of ketones is 1. The number of carbonyl (C=O) groups excluding carboxylic acids is 2. The number of carbonyl (C=O) groups is 2. The summed E-state index contributed by atoms with van der Waals surface area (Å²) in [5.41, 5.74) is 2.63. The third kappa shape index (κ3) is 4.00. The zero-order chi connectivity index (χ0) is 19.6. The second-order valence-electron chi connectivity index (χ2n) is 7.96. The van der Waals surface area contributed by atoms with Crippen molar-refractivity contribution in [2.45, 2.75) is 39.5 Å². The van der Waals surface area contributed by atoms with Gasteiger partial charge in [-0.15, -0.1) is 0 Å². The van der Waals surface area contributed by atoms with E-state index in [1.54, 1.807) is 19.5 Å². The van der Waals surface area contributed by atoms with Crippen LogP contribution in [-0.4, -0.2) is 42.8 Å². The van der Waals surface area contributed by atoms with E-state index in [0.29, 0.717) is 24.3 Å². The second kappa shape index (κ2) is 7.72. The molecular weight excluding hydrogens is 344 g/mol. The molecule has 1 aliphatic heterocycles. The summed E-state index contributed by atoms with van der Waals surface area (Å²) in [6.45, 7) is 6.45. The summed E-state index contributed by atoms with van der Waals surface area (Å²) >= 11 is 0. The Balaban J connectivity index is 2.06. The predicted molar refractivity (Wildman–Crippen MR) is 101 cm³/mol. The first kappa shape index (κ1) is 19.4. The molecule has 0 spiro atoms. The molecule has 0 N–H and O–H groups in total. The van der Waals surface area contributed by atoms with E-state index < -0.39 is 17.8 Å². The van der Waals surface area contributed by atoms with Gasteiger partial charge in [0.25, 0.3) is 0 Å².